The van der Waals surface area contributed by atoms with Crippen molar-refractivity contribution < 1.29 is 5.11 Å². The molecule has 4 heteroatoms. The molecule has 0 saturated heterocycles. The van der Waals surface area contributed by atoms with Crippen molar-refractivity contribution in [2.45, 2.75) is 32.3 Å². The number of anilines is 1. The Morgan fingerprint density at radius 1 is 1.53 bits per heavy atom. The molecule has 1 aromatic rings. The molecular weight excluding hydrogens is 280 g/mol. The molecule has 0 aromatic heterocycles. The molecule has 0 amide bonds. The van der Waals surface area contributed by atoms with Crippen molar-refractivity contribution in [2.75, 3.05) is 11.9 Å². The summed E-state index contributed by atoms with van der Waals surface area (Å²) >= 11 is 3.32. The second kappa shape index (κ2) is 6.04. The molecule has 0 heterocycles. The minimum atomic E-state index is -0.742. The monoisotopic (exact) mass is 296 g/mol. The number of nitriles is 1. The second-order valence-corrected chi connectivity index (χ2v) is 5.32. The van der Waals surface area contributed by atoms with Gasteiger partial charge in [-0.25, -0.2) is 0 Å². The number of hydrogen-bond donors (Lipinski definition) is 2. The van der Waals surface area contributed by atoms with Gasteiger partial charge in [0, 0.05) is 11.0 Å². The standard InChI is InChI=1S/C13H17BrN2O/c1-3-6-13(2,17)9-16-12-5-4-11(14)7-10(12)8-15/h4-5,7,16-17H,3,6,9H2,1-2H3. The summed E-state index contributed by atoms with van der Waals surface area (Å²) in [5.74, 6) is 0. The molecule has 0 aliphatic heterocycles. The van der Waals surface area contributed by atoms with E-state index in [0.29, 0.717) is 12.1 Å². The quantitative estimate of drug-likeness (QED) is 0.877. The van der Waals surface area contributed by atoms with Crippen molar-refractivity contribution in [1.29, 1.82) is 5.26 Å². The van der Waals surface area contributed by atoms with Crippen LogP contribution in [-0.2, 0) is 0 Å². The van der Waals surface area contributed by atoms with E-state index in [2.05, 4.69) is 27.3 Å². The van der Waals surface area contributed by atoms with Crippen LogP contribution in [0.3, 0.4) is 0 Å². The molecule has 0 bridgehead atoms. The van der Waals surface area contributed by atoms with Crippen LogP contribution in [0.5, 0.6) is 0 Å². The van der Waals surface area contributed by atoms with Crippen molar-refractivity contribution in [3.63, 3.8) is 0 Å². The van der Waals surface area contributed by atoms with Gasteiger partial charge in [0.05, 0.1) is 16.9 Å². The molecule has 0 spiro atoms. The van der Waals surface area contributed by atoms with Crippen LogP contribution in [0.1, 0.15) is 32.3 Å². The van der Waals surface area contributed by atoms with Crippen molar-refractivity contribution in [1.82, 2.24) is 0 Å². The molecule has 2 N–H and O–H groups in total. The fourth-order valence-electron chi connectivity index (χ4n) is 1.68. The number of benzene rings is 1. The predicted octanol–water partition coefficient (Wildman–Crippen LogP) is 3.28. The number of halogens is 1. The van der Waals surface area contributed by atoms with Crippen LogP contribution >= 0.6 is 15.9 Å². The minimum Gasteiger partial charge on any atom is -0.388 e. The minimum absolute atomic E-state index is 0.442. The zero-order valence-electron chi connectivity index (χ0n) is 10.1. The van der Waals surface area contributed by atoms with Crippen LogP contribution in [0.15, 0.2) is 22.7 Å². The topological polar surface area (TPSA) is 56.0 Å². The summed E-state index contributed by atoms with van der Waals surface area (Å²) in [6, 6.07) is 7.60. The molecular formula is C13H17BrN2O. The Balaban J connectivity index is 2.73. The van der Waals surface area contributed by atoms with E-state index in [9.17, 15) is 5.11 Å². The first-order valence-corrected chi connectivity index (χ1v) is 6.43. The van der Waals surface area contributed by atoms with E-state index in [1.54, 1.807) is 13.0 Å². The maximum atomic E-state index is 10.0. The van der Waals surface area contributed by atoms with Crippen LogP contribution < -0.4 is 5.32 Å². The average molecular weight is 297 g/mol. The van der Waals surface area contributed by atoms with Crippen molar-refractivity contribution in [3.05, 3.63) is 28.2 Å². The van der Waals surface area contributed by atoms with Crippen molar-refractivity contribution in [2.24, 2.45) is 0 Å². The van der Waals surface area contributed by atoms with Crippen molar-refractivity contribution >= 4 is 21.6 Å². The number of hydrogen-bond acceptors (Lipinski definition) is 3. The molecule has 0 aliphatic carbocycles. The lowest BCUT2D eigenvalue weighted by atomic mass is 10.0. The van der Waals surface area contributed by atoms with Gasteiger partial charge in [-0.1, -0.05) is 29.3 Å². The molecule has 3 nitrogen and oxygen atoms in total. The van der Waals surface area contributed by atoms with Gasteiger partial charge in [0.25, 0.3) is 0 Å². The SMILES string of the molecule is CCCC(C)(O)CNc1ccc(Br)cc1C#N. The Labute approximate surface area is 111 Å². The van der Waals surface area contributed by atoms with Gasteiger partial charge >= 0.3 is 0 Å². The third-order valence-electron chi connectivity index (χ3n) is 2.55. The summed E-state index contributed by atoms with van der Waals surface area (Å²) < 4.78 is 0.875. The highest BCUT2D eigenvalue weighted by molar-refractivity contribution is 9.10. The lowest BCUT2D eigenvalue weighted by molar-refractivity contribution is 0.0637. The Kier molecular flexibility index (Phi) is 4.98. The normalized spacial score (nSPS) is 13.8. The summed E-state index contributed by atoms with van der Waals surface area (Å²) in [5, 5.41) is 22.2. The molecule has 1 rings (SSSR count). The lowest BCUT2D eigenvalue weighted by Crippen LogP contribution is -2.33. The third kappa shape index (κ3) is 4.37. The summed E-state index contributed by atoms with van der Waals surface area (Å²) in [6.45, 7) is 4.28. The first-order chi connectivity index (χ1) is 7.98. The molecule has 0 saturated carbocycles. The van der Waals surface area contributed by atoms with E-state index in [-0.39, 0.29) is 0 Å². The van der Waals surface area contributed by atoms with E-state index in [4.69, 9.17) is 5.26 Å². The number of nitrogens with zero attached hydrogens (tertiary/aromatic N) is 1. The summed E-state index contributed by atoms with van der Waals surface area (Å²) in [7, 11) is 0. The smallest absolute Gasteiger partial charge is 0.101 e. The van der Waals surface area contributed by atoms with Gasteiger partial charge in [-0.15, -0.1) is 0 Å². The van der Waals surface area contributed by atoms with Gasteiger partial charge in [0.1, 0.15) is 6.07 Å². The molecule has 0 aliphatic rings. The second-order valence-electron chi connectivity index (χ2n) is 4.40. The maximum Gasteiger partial charge on any atom is 0.101 e. The highest BCUT2D eigenvalue weighted by atomic mass is 79.9. The highest BCUT2D eigenvalue weighted by Crippen LogP contribution is 2.21. The molecule has 1 aromatic carbocycles. The van der Waals surface area contributed by atoms with Gasteiger partial charge in [0.15, 0.2) is 0 Å². The predicted molar refractivity (Wildman–Crippen MR) is 72.9 cm³/mol. The number of rotatable bonds is 5. The zero-order chi connectivity index (χ0) is 12.9. The summed E-state index contributed by atoms with van der Waals surface area (Å²) in [5.41, 5.74) is 0.591. The van der Waals surface area contributed by atoms with Crippen LogP contribution in [0, 0.1) is 11.3 Å². The van der Waals surface area contributed by atoms with E-state index in [0.717, 1.165) is 23.0 Å². The first-order valence-electron chi connectivity index (χ1n) is 5.64. The van der Waals surface area contributed by atoms with Crippen LogP contribution in [0.25, 0.3) is 0 Å². The fraction of sp³-hybridized carbons (Fsp3) is 0.462. The lowest BCUT2D eigenvalue weighted by Gasteiger charge is -2.23. The van der Waals surface area contributed by atoms with Crippen LogP contribution in [0.2, 0.25) is 0 Å². The zero-order valence-corrected chi connectivity index (χ0v) is 11.7. The largest absolute Gasteiger partial charge is 0.388 e. The van der Waals surface area contributed by atoms with E-state index >= 15 is 0 Å². The number of aliphatic hydroxyl groups is 1. The van der Waals surface area contributed by atoms with Gasteiger partial charge in [0.2, 0.25) is 0 Å². The van der Waals surface area contributed by atoms with Gasteiger partial charge < -0.3 is 10.4 Å². The van der Waals surface area contributed by atoms with Gasteiger partial charge in [-0.3, -0.25) is 0 Å². The van der Waals surface area contributed by atoms with Gasteiger partial charge in [-0.2, -0.15) is 5.26 Å². The van der Waals surface area contributed by atoms with Gasteiger partial charge in [-0.05, 0) is 31.5 Å². The third-order valence-corrected chi connectivity index (χ3v) is 3.04. The Bertz CT molecular complexity index is 424. The van der Waals surface area contributed by atoms with Crippen molar-refractivity contribution in [3.8, 4) is 6.07 Å². The average Bonchev–Trinajstić information content (AvgIpc) is 2.27. The summed E-state index contributed by atoms with van der Waals surface area (Å²) in [4.78, 5) is 0. The Hall–Kier alpha value is -1.05. The highest BCUT2D eigenvalue weighted by Gasteiger charge is 2.19. The fourth-order valence-corrected chi connectivity index (χ4v) is 2.04. The molecule has 0 radical (unpaired) electrons. The van der Waals surface area contributed by atoms with E-state index in [1.165, 1.54) is 0 Å². The van der Waals surface area contributed by atoms with E-state index < -0.39 is 5.60 Å². The van der Waals surface area contributed by atoms with Crippen LogP contribution in [-0.4, -0.2) is 17.3 Å². The Morgan fingerprint density at radius 2 is 2.24 bits per heavy atom. The summed E-state index contributed by atoms with van der Waals surface area (Å²) in [6.07, 6.45) is 1.67. The molecule has 92 valence electrons. The molecule has 1 atom stereocenters. The molecule has 0 fully saturated rings. The van der Waals surface area contributed by atoms with Crippen LogP contribution in [0.4, 0.5) is 5.69 Å². The van der Waals surface area contributed by atoms with E-state index in [1.807, 2.05) is 19.1 Å². The molecule has 1 unspecified atom stereocenters. The molecule has 17 heavy (non-hydrogen) atoms. The number of nitrogens with one attached hydrogen (secondary N) is 1. The maximum absolute atomic E-state index is 10.0. The Morgan fingerprint density at radius 3 is 2.82 bits per heavy atom. The first kappa shape index (κ1) is 14.0.